The first-order valence-corrected chi connectivity index (χ1v) is 11.2. The minimum absolute atomic E-state index is 0.625. The molecular weight excluding hydrogens is 328 g/mol. The maximum absolute atomic E-state index is 5.51. The van der Waals surface area contributed by atoms with Gasteiger partial charge < -0.3 is 4.74 Å². The SMILES string of the molecule is C=CCOCc1ccc(CCC2CCC([C@H]3CC[C@H](C=C)CC3)CC2)cc1. The summed E-state index contributed by atoms with van der Waals surface area (Å²) in [6.45, 7) is 8.98. The molecule has 27 heavy (non-hydrogen) atoms. The lowest BCUT2D eigenvalue weighted by Crippen LogP contribution is -2.25. The highest BCUT2D eigenvalue weighted by Crippen LogP contribution is 2.42. The molecule has 0 saturated heterocycles. The van der Waals surface area contributed by atoms with E-state index in [1.54, 1.807) is 6.08 Å². The molecule has 0 aromatic heterocycles. The molecule has 0 radical (unpaired) electrons. The highest BCUT2D eigenvalue weighted by molar-refractivity contribution is 5.22. The Labute approximate surface area is 166 Å². The van der Waals surface area contributed by atoms with Gasteiger partial charge in [-0.25, -0.2) is 0 Å². The van der Waals surface area contributed by atoms with Crippen LogP contribution in [0.15, 0.2) is 49.6 Å². The van der Waals surface area contributed by atoms with Gasteiger partial charge in [-0.2, -0.15) is 0 Å². The molecule has 0 N–H and O–H groups in total. The van der Waals surface area contributed by atoms with Gasteiger partial charge in [-0.1, -0.05) is 49.3 Å². The van der Waals surface area contributed by atoms with E-state index in [1.165, 1.54) is 75.3 Å². The number of aryl methyl sites for hydroxylation is 1. The van der Waals surface area contributed by atoms with Crippen LogP contribution in [0.5, 0.6) is 0 Å². The van der Waals surface area contributed by atoms with Crippen molar-refractivity contribution in [3.63, 3.8) is 0 Å². The molecule has 2 fully saturated rings. The predicted molar refractivity (Wildman–Crippen MR) is 116 cm³/mol. The number of allylic oxidation sites excluding steroid dienone is 1. The van der Waals surface area contributed by atoms with Crippen LogP contribution in [0.4, 0.5) is 0 Å². The summed E-state index contributed by atoms with van der Waals surface area (Å²) in [6, 6.07) is 9.01. The maximum Gasteiger partial charge on any atom is 0.0721 e. The summed E-state index contributed by atoms with van der Waals surface area (Å²) in [5, 5.41) is 0. The van der Waals surface area contributed by atoms with E-state index in [4.69, 9.17) is 4.74 Å². The summed E-state index contributed by atoms with van der Waals surface area (Å²) in [4.78, 5) is 0. The van der Waals surface area contributed by atoms with Gasteiger partial charge in [0.2, 0.25) is 0 Å². The van der Waals surface area contributed by atoms with Crippen molar-refractivity contribution in [2.45, 2.75) is 70.8 Å². The third kappa shape index (κ3) is 6.35. The van der Waals surface area contributed by atoms with Crippen LogP contribution >= 0.6 is 0 Å². The van der Waals surface area contributed by atoms with Crippen LogP contribution in [0.3, 0.4) is 0 Å². The van der Waals surface area contributed by atoms with E-state index in [2.05, 4.69) is 43.5 Å². The monoisotopic (exact) mass is 366 g/mol. The van der Waals surface area contributed by atoms with Gasteiger partial charge in [0.15, 0.2) is 0 Å². The Morgan fingerprint density at radius 2 is 1.41 bits per heavy atom. The van der Waals surface area contributed by atoms with E-state index < -0.39 is 0 Å². The van der Waals surface area contributed by atoms with E-state index in [0.717, 1.165) is 23.7 Å². The van der Waals surface area contributed by atoms with Gasteiger partial charge >= 0.3 is 0 Å². The van der Waals surface area contributed by atoms with Crippen LogP contribution in [-0.2, 0) is 17.8 Å². The average Bonchev–Trinajstić information content (AvgIpc) is 2.74. The molecule has 2 aliphatic rings. The number of hydrogen-bond acceptors (Lipinski definition) is 1. The third-order valence-electron chi connectivity index (χ3n) is 7.08. The van der Waals surface area contributed by atoms with Gasteiger partial charge in [0, 0.05) is 0 Å². The lowest BCUT2D eigenvalue weighted by Gasteiger charge is -2.37. The van der Waals surface area contributed by atoms with Crippen LogP contribution in [0.1, 0.15) is 68.9 Å². The maximum atomic E-state index is 5.51. The fraction of sp³-hybridized carbons (Fsp3) is 0.615. The molecule has 148 valence electrons. The van der Waals surface area contributed by atoms with Crippen molar-refractivity contribution >= 4 is 0 Å². The predicted octanol–water partition coefficient (Wildman–Crippen LogP) is 7.12. The number of hydrogen-bond donors (Lipinski definition) is 0. The largest absolute Gasteiger partial charge is 0.373 e. The topological polar surface area (TPSA) is 9.23 Å². The van der Waals surface area contributed by atoms with Gasteiger partial charge in [-0.3, -0.25) is 0 Å². The van der Waals surface area contributed by atoms with Crippen LogP contribution in [-0.4, -0.2) is 6.61 Å². The first-order chi connectivity index (χ1) is 13.3. The Balaban J connectivity index is 1.34. The smallest absolute Gasteiger partial charge is 0.0721 e. The van der Waals surface area contributed by atoms with E-state index >= 15 is 0 Å². The van der Waals surface area contributed by atoms with Gasteiger partial charge in [-0.05, 0) is 86.2 Å². The fourth-order valence-electron chi connectivity index (χ4n) is 5.23. The van der Waals surface area contributed by atoms with Gasteiger partial charge in [0.1, 0.15) is 0 Å². The molecule has 0 unspecified atom stereocenters. The molecule has 1 aromatic rings. The number of rotatable bonds is 9. The molecule has 0 spiro atoms. The second-order valence-corrected chi connectivity index (χ2v) is 8.85. The van der Waals surface area contributed by atoms with Crippen molar-refractivity contribution in [1.82, 2.24) is 0 Å². The first-order valence-electron chi connectivity index (χ1n) is 11.2. The quantitative estimate of drug-likeness (QED) is 0.334. The van der Waals surface area contributed by atoms with Crippen molar-refractivity contribution in [3.05, 3.63) is 60.7 Å². The Bertz CT molecular complexity index is 556. The second kappa shape index (κ2) is 10.9. The molecule has 0 amide bonds. The zero-order chi connectivity index (χ0) is 18.9. The van der Waals surface area contributed by atoms with Gasteiger partial charge in [-0.15, -0.1) is 13.2 Å². The Kier molecular flexibility index (Phi) is 8.20. The zero-order valence-electron chi connectivity index (χ0n) is 17.1. The van der Waals surface area contributed by atoms with Crippen molar-refractivity contribution in [3.8, 4) is 0 Å². The fourth-order valence-corrected chi connectivity index (χ4v) is 5.23. The molecule has 2 aliphatic carbocycles. The van der Waals surface area contributed by atoms with Crippen molar-refractivity contribution in [2.24, 2.45) is 23.7 Å². The van der Waals surface area contributed by atoms with Gasteiger partial charge in [0.05, 0.1) is 13.2 Å². The molecule has 2 saturated carbocycles. The molecule has 1 heteroatoms. The Morgan fingerprint density at radius 1 is 0.815 bits per heavy atom. The highest BCUT2D eigenvalue weighted by Gasteiger charge is 2.30. The molecule has 1 aromatic carbocycles. The summed E-state index contributed by atoms with van der Waals surface area (Å²) in [5.74, 6) is 3.78. The average molecular weight is 367 g/mol. The zero-order valence-corrected chi connectivity index (χ0v) is 17.1. The molecule has 1 nitrogen and oxygen atoms in total. The summed E-state index contributed by atoms with van der Waals surface area (Å²) in [6.07, 6.45) is 18.1. The summed E-state index contributed by atoms with van der Waals surface area (Å²) in [7, 11) is 0. The molecule has 0 atom stereocenters. The lowest BCUT2D eigenvalue weighted by molar-refractivity contribution is 0.149. The highest BCUT2D eigenvalue weighted by atomic mass is 16.5. The molecule has 0 heterocycles. The van der Waals surface area contributed by atoms with E-state index in [-0.39, 0.29) is 0 Å². The van der Waals surface area contributed by atoms with Crippen molar-refractivity contribution in [2.75, 3.05) is 6.61 Å². The normalized spacial score (nSPS) is 28.6. The van der Waals surface area contributed by atoms with Crippen LogP contribution in [0, 0.1) is 23.7 Å². The summed E-state index contributed by atoms with van der Waals surface area (Å²) >= 11 is 0. The third-order valence-corrected chi connectivity index (χ3v) is 7.08. The number of benzene rings is 1. The van der Waals surface area contributed by atoms with E-state index in [0.29, 0.717) is 13.2 Å². The Hall–Kier alpha value is -1.34. The van der Waals surface area contributed by atoms with Crippen LogP contribution in [0.2, 0.25) is 0 Å². The van der Waals surface area contributed by atoms with Crippen LogP contribution < -0.4 is 0 Å². The van der Waals surface area contributed by atoms with Crippen molar-refractivity contribution < 1.29 is 4.74 Å². The minimum Gasteiger partial charge on any atom is -0.373 e. The van der Waals surface area contributed by atoms with Gasteiger partial charge in [0.25, 0.3) is 0 Å². The second-order valence-electron chi connectivity index (χ2n) is 8.85. The van der Waals surface area contributed by atoms with E-state index in [9.17, 15) is 0 Å². The summed E-state index contributed by atoms with van der Waals surface area (Å²) < 4.78 is 5.51. The first kappa shape index (κ1) is 20.4. The van der Waals surface area contributed by atoms with E-state index in [1.807, 2.05) is 0 Å². The molecular formula is C26H38O. The van der Waals surface area contributed by atoms with Crippen molar-refractivity contribution in [1.29, 1.82) is 0 Å². The summed E-state index contributed by atoms with van der Waals surface area (Å²) in [5.41, 5.74) is 2.74. The lowest BCUT2D eigenvalue weighted by atomic mass is 9.68. The minimum atomic E-state index is 0.625. The van der Waals surface area contributed by atoms with Crippen LogP contribution in [0.25, 0.3) is 0 Å². The number of ether oxygens (including phenoxy) is 1. The molecule has 0 bridgehead atoms. The Morgan fingerprint density at radius 3 is 2.00 bits per heavy atom. The standard InChI is InChI=1S/C26H38O/c1-3-19-27-20-24-9-7-22(8-10-24)5-6-23-13-17-26(18-14-23)25-15-11-21(4-2)12-16-25/h3-4,7-10,21,23,25-26H,1-2,5-6,11-20H2/t21-,23?,25-,26?. The molecule has 0 aliphatic heterocycles. The molecule has 3 rings (SSSR count).